The largest absolute Gasteiger partial charge is 0.319 e. The number of pyridine rings is 1. The van der Waals surface area contributed by atoms with E-state index >= 15 is 0 Å². The molecule has 0 bridgehead atoms. The van der Waals surface area contributed by atoms with Crippen molar-refractivity contribution in [1.82, 2.24) is 15.0 Å². The minimum Gasteiger partial charge on any atom is -0.319 e. The van der Waals surface area contributed by atoms with Crippen LogP contribution >= 0.6 is 0 Å². The van der Waals surface area contributed by atoms with Crippen LogP contribution in [0.3, 0.4) is 0 Å². The van der Waals surface area contributed by atoms with Gasteiger partial charge in [-0.15, -0.1) is 0 Å². The van der Waals surface area contributed by atoms with E-state index < -0.39 is 0 Å². The molecule has 0 aliphatic heterocycles. The summed E-state index contributed by atoms with van der Waals surface area (Å²) in [7, 11) is 0. The molecule has 0 amide bonds. The van der Waals surface area contributed by atoms with Crippen LogP contribution < -0.4 is 5.73 Å². The van der Waals surface area contributed by atoms with Gasteiger partial charge in [-0.3, -0.25) is 4.98 Å². The van der Waals surface area contributed by atoms with Crippen molar-refractivity contribution < 1.29 is 0 Å². The highest BCUT2D eigenvalue weighted by Crippen LogP contribution is 2.15. The van der Waals surface area contributed by atoms with Gasteiger partial charge in [0.05, 0.1) is 11.7 Å². The quantitative estimate of drug-likeness (QED) is 0.791. The van der Waals surface area contributed by atoms with E-state index in [9.17, 15) is 0 Å². The molecule has 2 rings (SSSR count). The van der Waals surface area contributed by atoms with Gasteiger partial charge in [0.2, 0.25) is 0 Å². The first-order chi connectivity index (χ1) is 7.27. The van der Waals surface area contributed by atoms with E-state index in [1.807, 2.05) is 25.1 Å². The number of rotatable bonds is 2. The van der Waals surface area contributed by atoms with Crippen molar-refractivity contribution in [3.8, 4) is 0 Å². The van der Waals surface area contributed by atoms with E-state index in [0.29, 0.717) is 0 Å². The molecule has 4 nitrogen and oxygen atoms in total. The molecule has 2 N–H and O–H groups in total. The molecule has 2 aromatic heterocycles. The molecule has 1 atom stereocenters. The lowest BCUT2D eigenvalue weighted by molar-refractivity contribution is 0.807. The van der Waals surface area contributed by atoms with Gasteiger partial charge in [-0.05, 0) is 19.1 Å². The number of hydrogen-bond donors (Lipinski definition) is 1. The van der Waals surface area contributed by atoms with Crippen molar-refractivity contribution >= 4 is 0 Å². The summed E-state index contributed by atoms with van der Waals surface area (Å²) in [5, 5.41) is 0. The second-order valence-electron chi connectivity index (χ2n) is 3.35. The van der Waals surface area contributed by atoms with E-state index in [4.69, 9.17) is 5.73 Å². The molecule has 15 heavy (non-hydrogen) atoms. The maximum atomic E-state index is 6.04. The first-order valence-corrected chi connectivity index (χ1v) is 4.71. The Balaban J connectivity index is 2.32. The SMILES string of the molecule is Cc1cccc(C(N)c2cncnc2)n1. The average molecular weight is 200 g/mol. The Morgan fingerprint density at radius 1 is 1.20 bits per heavy atom. The van der Waals surface area contributed by atoms with E-state index in [1.54, 1.807) is 12.4 Å². The maximum Gasteiger partial charge on any atom is 0.115 e. The molecule has 0 aliphatic carbocycles. The molecule has 0 fully saturated rings. The first-order valence-electron chi connectivity index (χ1n) is 4.71. The third-order valence-corrected chi connectivity index (χ3v) is 2.17. The van der Waals surface area contributed by atoms with Gasteiger partial charge in [-0.25, -0.2) is 9.97 Å². The third kappa shape index (κ3) is 2.16. The summed E-state index contributed by atoms with van der Waals surface area (Å²) in [5.41, 5.74) is 8.71. The summed E-state index contributed by atoms with van der Waals surface area (Å²) in [6, 6.07) is 5.54. The third-order valence-electron chi connectivity index (χ3n) is 2.17. The van der Waals surface area contributed by atoms with Crippen LogP contribution in [0.2, 0.25) is 0 Å². The lowest BCUT2D eigenvalue weighted by atomic mass is 10.1. The number of aromatic nitrogens is 3. The van der Waals surface area contributed by atoms with Gasteiger partial charge in [-0.2, -0.15) is 0 Å². The number of aryl methyl sites for hydroxylation is 1. The van der Waals surface area contributed by atoms with Gasteiger partial charge >= 0.3 is 0 Å². The Labute approximate surface area is 88.2 Å². The topological polar surface area (TPSA) is 64.7 Å². The Kier molecular flexibility index (Phi) is 2.69. The maximum absolute atomic E-state index is 6.04. The normalized spacial score (nSPS) is 12.4. The van der Waals surface area contributed by atoms with E-state index in [2.05, 4.69) is 15.0 Å². The molecule has 0 spiro atoms. The monoisotopic (exact) mass is 200 g/mol. The van der Waals surface area contributed by atoms with Crippen molar-refractivity contribution in [1.29, 1.82) is 0 Å². The zero-order chi connectivity index (χ0) is 10.7. The zero-order valence-electron chi connectivity index (χ0n) is 8.46. The fourth-order valence-electron chi connectivity index (χ4n) is 1.38. The van der Waals surface area contributed by atoms with Gasteiger partial charge in [0, 0.05) is 23.7 Å². The summed E-state index contributed by atoms with van der Waals surface area (Å²) in [6.07, 6.45) is 4.91. The molecule has 0 saturated heterocycles. The predicted molar refractivity (Wildman–Crippen MR) is 57.0 cm³/mol. The lowest BCUT2D eigenvalue weighted by Crippen LogP contribution is -2.14. The minimum atomic E-state index is -0.258. The Hall–Kier alpha value is -1.81. The first kappa shape index (κ1) is 9.73. The molecule has 2 heterocycles. The summed E-state index contributed by atoms with van der Waals surface area (Å²) in [5.74, 6) is 0. The zero-order valence-corrected chi connectivity index (χ0v) is 8.46. The highest BCUT2D eigenvalue weighted by Gasteiger charge is 2.10. The molecule has 1 unspecified atom stereocenters. The molecule has 0 saturated carbocycles. The van der Waals surface area contributed by atoms with Crippen LogP contribution in [0.15, 0.2) is 36.9 Å². The molecular formula is C11H12N4. The Bertz CT molecular complexity index is 441. The summed E-state index contributed by atoms with van der Waals surface area (Å²) >= 11 is 0. The molecule has 4 heteroatoms. The smallest absolute Gasteiger partial charge is 0.115 e. The predicted octanol–water partition coefficient (Wildman–Crippen LogP) is 1.23. The van der Waals surface area contributed by atoms with Gasteiger partial charge < -0.3 is 5.73 Å². The highest BCUT2D eigenvalue weighted by atomic mass is 14.8. The lowest BCUT2D eigenvalue weighted by Gasteiger charge is -2.10. The van der Waals surface area contributed by atoms with Gasteiger partial charge in [0.15, 0.2) is 0 Å². The standard InChI is InChI=1S/C11H12N4/c1-8-3-2-4-10(15-8)11(12)9-5-13-7-14-6-9/h2-7,11H,12H2,1H3. The average Bonchev–Trinajstić information content (AvgIpc) is 2.29. The van der Waals surface area contributed by atoms with Crippen molar-refractivity contribution in [2.24, 2.45) is 5.73 Å². The molecule has 76 valence electrons. The van der Waals surface area contributed by atoms with Crippen molar-refractivity contribution in [2.45, 2.75) is 13.0 Å². The second-order valence-corrected chi connectivity index (χ2v) is 3.35. The number of hydrogen-bond acceptors (Lipinski definition) is 4. The molecule has 0 aromatic carbocycles. The molecule has 0 aliphatic rings. The summed E-state index contributed by atoms with van der Waals surface area (Å²) in [6.45, 7) is 1.94. The second kappa shape index (κ2) is 4.14. The van der Waals surface area contributed by atoms with Gasteiger partial charge in [0.25, 0.3) is 0 Å². The van der Waals surface area contributed by atoms with Crippen LogP contribution in [0, 0.1) is 6.92 Å². The van der Waals surface area contributed by atoms with Crippen molar-refractivity contribution in [3.05, 3.63) is 53.9 Å². The number of nitrogens with zero attached hydrogens (tertiary/aromatic N) is 3. The van der Waals surface area contributed by atoms with Gasteiger partial charge in [-0.1, -0.05) is 6.07 Å². The van der Waals surface area contributed by atoms with Crippen LogP contribution in [-0.4, -0.2) is 15.0 Å². The van der Waals surface area contributed by atoms with Crippen LogP contribution in [0.5, 0.6) is 0 Å². The number of nitrogens with two attached hydrogens (primary N) is 1. The van der Waals surface area contributed by atoms with E-state index in [-0.39, 0.29) is 6.04 Å². The molecular weight excluding hydrogens is 188 g/mol. The highest BCUT2D eigenvalue weighted by molar-refractivity contribution is 5.23. The Morgan fingerprint density at radius 2 is 1.93 bits per heavy atom. The van der Waals surface area contributed by atoms with Crippen molar-refractivity contribution in [3.63, 3.8) is 0 Å². The molecule has 2 aromatic rings. The summed E-state index contributed by atoms with van der Waals surface area (Å²) < 4.78 is 0. The van der Waals surface area contributed by atoms with Crippen LogP contribution in [0.1, 0.15) is 23.0 Å². The van der Waals surface area contributed by atoms with Crippen LogP contribution in [0.25, 0.3) is 0 Å². The van der Waals surface area contributed by atoms with Crippen LogP contribution in [-0.2, 0) is 0 Å². The van der Waals surface area contributed by atoms with E-state index in [0.717, 1.165) is 17.0 Å². The van der Waals surface area contributed by atoms with Gasteiger partial charge in [0.1, 0.15) is 6.33 Å². The molecule has 0 radical (unpaired) electrons. The van der Waals surface area contributed by atoms with E-state index in [1.165, 1.54) is 6.33 Å². The van der Waals surface area contributed by atoms with Crippen molar-refractivity contribution in [2.75, 3.05) is 0 Å². The fourth-order valence-corrected chi connectivity index (χ4v) is 1.38. The minimum absolute atomic E-state index is 0.258. The van der Waals surface area contributed by atoms with Crippen LogP contribution in [0.4, 0.5) is 0 Å². The fraction of sp³-hybridized carbons (Fsp3) is 0.182. The Morgan fingerprint density at radius 3 is 2.60 bits per heavy atom. The summed E-state index contributed by atoms with van der Waals surface area (Å²) in [4.78, 5) is 12.2.